The number of nitrogens with zero attached hydrogens (tertiary/aromatic N) is 2. The van der Waals surface area contributed by atoms with E-state index in [4.69, 9.17) is 16.6 Å². The van der Waals surface area contributed by atoms with Gasteiger partial charge in [0, 0.05) is 28.5 Å². The van der Waals surface area contributed by atoms with Crippen LogP contribution < -0.4 is 4.90 Å². The fraction of sp³-hybridized carbons (Fsp3) is 0.143. The molecular weight excluding hydrogens is 364 g/mol. The number of aromatic nitrogens is 1. The van der Waals surface area contributed by atoms with Crippen molar-refractivity contribution in [1.29, 1.82) is 0 Å². The van der Waals surface area contributed by atoms with Crippen LogP contribution in [0.1, 0.15) is 20.8 Å². The number of carbonyl (C=O) groups is 1. The van der Waals surface area contributed by atoms with Crippen molar-refractivity contribution in [3.8, 4) is 0 Å². The van der Waals surface area contributed by atoms with Crippen LogP contribution in [0, 0.1) is 13.8 Å². The number of halogens is 1. The molecule has 0 aliphatic carbocycles. The maximum Gasteiger partial charge on any atom is 0.268 e. The number of rotatable bonds is 2. The molecule has 0 saturated carbocycles. The van der Waals surface area contributed by atoms with Gasteiger partial charge in [-0.15, -0.1) is 11.3 Å². The van der Waals surface area contributed by atoms with Gasteiger partial charge in [0.25, 0.3) is 5.91 Å². The number of amides is 1. The Labute approximate surface area is 160 Å². The molecule has 0 atom stereocenters. The summed E-state index contributed by atoms with van der Waals surface area (Å²) >= 11 is 7.53. The van der Waals surface area contributed by atoms with E-state index < -0.39 is 0 Å². The summed E-state index contributed by atoms with van der Waals surface area (Å²) in [7, 11) is 1.78. The zero-order valence-electron chi connectivity index (χ0n) is 14.7. The Bertz CT molecular complexity index is 1170. The molecule has 5 heteroatoms. The van der Waals surface area contributed by atoms with Crippen molar-refractivity contribution >= 4 is 55.7 Å². The van der Waals surface area contributed by atoms with E-state index in [0.717, 1.165) is 32.4 Å². The van der Waals surface area contributed by atoms with Crippen LogP contribution in [0.2, 0.25) is 5.02 Å². The fourth-order valence-corrected chi connectivity index (χ4v) is 4.24. The van der Waals surface area contributed by atoms with E-state index in [1.165, 1.54) is 16.9 Å². The highest BCUT2D eigenvalue weighted by Crippen LogP contribution is 2.30. The van der Waals surface area contributed by atoms with E-state index in [-0.39, 0.29) is 5.91 Å². The highest BCUT2D eigenvalue weighted by atomic mass is 35.5. The molecule has 130 valence electrons. The molecule has 0 radical (unpaired) electrons. The number of fused-ring (bicyclic) bond motifs is 2. The van der Waals surface area contributed by atoms with Crippen LogP contribution in [0.5, 0.6) is 0 Å². The Balaban J connectivity index is 1.76. The van der Waals surface area contributed by atoms with E-state index in [1.807, 2.05) is 37.3 Å². The van der Waals surface area contributed by atoms with Gasteiger partial charge in [-0.2, -0.15) is 0 Å². The first-order chi connectivity index (χ1) is 12.4. The first kappa shape index (κ1) is 17.0. The molecule has 2 aromatic carbocycles. The third-order valence-electron chi connectivity index (χ3n) is 4.50. The first-order valence-electron chi connectivity index (χ1n) is 8.27. The Morgan fingerprint density at radius 3 is 2.65 bits per heavy atom. The molecule has 4 rings (SSSR count). The zero-order chi connectivity index (χ0) is 18.4. The summed E-state index contributed by atoms with van der Waals surface area (Å²) in [6.07, 6.45) is 0. The Hall–Kier alpha value is -2.43. The summed E-state index contributed by atoms with van der Waals surface area (Å²) in [5.41, 5.74) is 3.96. The monoisotopic (exact) mass is 380 g/mol. The lowest BCUT2D eigenvalue weighted by Gasteiger charge is -2.19. The number of benzene rings is 2. The smallest absolute Gasteiger partial charge is 0.268 e. The molecule has 0 fully saturated rings. The van der Waals surface area contributed by atoms with E-state index in [0.29, 0.717) is 9.90 Å². The molecule has 3 nitrogen and oxygen atoms in total. The van der Waals surface area contributed by atoms with Gasteiger partial charge in [-0.25, -0.2) is 4.98 Å². The van der Waals surface area contributed by atoms with Crippen LogP contribution in [0.15, 0.2) is 48.5 Å². The SMILES string of the molecule is Cc1ccc2nc3sc(C(=O)N(C)c4cc(Cl)ccc4C)cc3cc2c1. The maximum absolute atomic E-state index is 13.0. The Kier molecular flexibility index (Phi) is 4.17. The zero-order valence-corrected chi connectivity index (χ0v) is 16.3. The highest BCUT2D eigenvalue weighted by molar-refractivity contribution is 7.20. The molecule has 2 heterocycles. The minimum atomic E-state index is -0.0568. The van der Waals surface area contributed by atoms with Gasteiger partial charge in [0.15, 0.2) is 0 Å². The number of hydrogen-bond donors (Lipinski definition) is 0. The van der Waals surface area contributed by atoms with Crippen molar-refractivity contribution in [3.63, 3.8) is 0 Å². The second kappa shape index (κ2) is 6.38. The van der Waals surface area contributed by atoms with Gasteiger partial charge >= 0.3 is 0 Å². The van der Waals surface area contributed by atoms with E-state index in [9.17, 15) is 4.79 Å². The topological polar surface area (TPSA) is 33.2 Å². The normalized spacial score (nSPS) is 11.2. The van der Waals surface area contributed by atoms with Crippen LogP contribution in [0.4, 0.5) is 5.69 Å². The molecular formula is C21H17ClN2OS. The molecule has 0 N–H and O–H groups in total. The molecule has 0 bridgehead atoms. The number of aryl methyl sites for hydroxylation is 2. The third-order valence-corrected chi connectivity index (χ3v) is 5.77. The lowest BCUT2D eigenvalue weighted by molar-refractivity contribution is 0.0997. The second-order valence-corrected chi connectivity index (χ2v) is 7.95. The van der Waals surface area contributed by atoms with Crippen LogP contribution >= 0.6 is 22.9 Å². The first-order valence-corrected chi connectivity index (χ1v) is 9.47. The quantitative estimate of drug-likeness (QED) is 0.427. The van der Waals surface area contributed by atoms with Gasteiger partial charge in [-0.05, 0) is 55.8 Å². The summed E-state index contributed by atoms with van der Waals surface area (Å²) in [6.45, 7) is 4.03. The lowest BCUT2D eigenvalue weighted by Crippen LogP contribution is -2.26. The van der Waals surface area contributed by atoms with Gasteiger partial charge in [0.2, 0.25) is 0 Å². The van der Waals surface area contributed by atoms with Crippen molar-refractivity contribution in [2.45, 2.75) is 13.8 Å². The predicted molar refractivity (Wildman–Crippen MR) is 111 cm³/mol. The van der Waals surface area contributed by atoms with Crippen molar-refractivity contribution in [2.75, 3.05) is 11.9 Å². The van der Waals surface area contributed by atoms with Crippen LogP contribution in [-0.2, 0) is 0 Å². The molecule has 0 aliphatic heterocycles. The molecule has 0 spiro atoms. The van der Waals surface area contributed by atoms with Crippen LogP contribution in [0.25, 0.3) is 21.1 Å². The minimum Gasteiger partial charge on any atom is -0.310 e. The van der Waals surface area contributed by atoms with Crippen molar-refractivity contribution in [1.82, 2.24) is 4.98 Å². The second-order valence-electron chi connectivity index (χ2n) is 6.48. The largest absolute Gasteiger partial charge is 0.310 e. The molecule has 1 amide bonds. The molecule has 0 saturated heterocycles. The van der Waals surface area contributed by atoms with Crippen molar-refractivity contribution < 1.29 is 4.79 Å². The molecule has 0 unspecified atom stereocenters. The third kappa shape index (κ3) is 2.96. The maximum atomic E-state index is 13.0. The van der Waals surface area contributed by atoms with Gasteiger partial charge in [0.05, 0.1) is 10.4 Å². The number of carbonyl (C=O) groups excluding carboxylic acids is 1. The molecule has 4 aromatic rings. The van der Waals surface area contributed by atoms with Crippen molar-refractivity contribution in [3.05, 3.63) is 69.6 Å². The van der Waals surface area contributed by atoms with Crippen LogP contribution in [0.3, 0.4) is 0 Å². The number of anilines is 1. The number of thiophene rings is 1. The average Bonchev–Trinajstić information content (AvgIpc) is 3.03. The molecule has 0 aliphatic rings. The number of hydrogen-bond acceptors (Lipinski definition) is 3. The van der Waals surface area contributed by atoms with Crippen molar-refractivity contribution in [2.24, 2.45) is 0 Å². The summed E-state index contributed by atoms with van der Waals surface area (Å²) in [5.74, 6) is -0.0568. The molecule has 2 aromatic heterocycles. The summed E-state index contributed by atoms with van der Waals surface area (Å²) in [5, 5.41) is 2.70. The standard InChI is InChI=1S/C21H17ClN2OS/c1-12-4-7-17-14(8-12)9-15-10-19(26-20(15)23-17)21(25)24(3)18-11-16(22)6-5-13(18)2/h4-11H,1-3H3. The molecule has 26 heavy (non-hydrogen) atoms. The summed E-state index contributed by atoms with van der Waals surface area (Å²) in [4.78, 5) is 20.9. The van der Waals surface area contributed by atoms with Crippen LogP contribution in [-0.4, -0.2) is 17.9 Å². The Morgan fingerprint density at radius 1 is 1.04 bits per heavy atom. The van der Waals surface area contributed by atoms with Gasteiger partial charge in [0.1, 0.15) is 4.83 Å². The lowest BCUT2D eigenvalue weighted by atomic mass is 10.1. The number of pyridine rings is 1. The summed E-state index contributed by atoms with van der Waals surface area (Å²) < 4.78 is 0. The highest BCUT2D eigenvalue weighted by Gasteiger charge is 2.19. The Morgan fingerprint density at radius 2 is 1.85 bits per heavy atom. The fourth-order valence-electron chi connectivity index (χ4n) is 3.08. The van der Waals surface area contributed by atoms with Gasteiger partial charge in [-0.3, -0.25) is 4.79 Å². The van der Waals surface area contributed by atoms with Gasteiger partial charge in [-0.1, -0.05) is 29.3 Å². The van der Waals surface area contributed by atoms with E-state index >= 15 is 0 Å². The van der Waals surface area contributed by atoms with Gasteiger partial charge < -0.3 is 4.90 Å². The average molecular weight is 381 g/mol. The minimum absolute atomic E-state index is 0.0568. The predicted octanol–water partition coefficient (Wildman–Crippen LogP) is 6.00. The summed E-state index contributed by atoms with van der Waals surface area (Å²) in [6, 6.07) is 15.8. The van der Waals surface area contributed by atoms with E-state index in [1.54, 1.807) is 11.9 Å². The van der Waals surface area contributed by atoms with E-state index in [2.05, 4.69) is 25.1 Å².